The summed E-state index contributed by atoms with van der Waals surface area (Å²) in [4.78, 5) is 8.44. The van der Waals surface area contributed by atoms with Crippen molar-refractivity contribution in [1.29, 1.82) is 0 Å². The van der Waals surface area contributed by atoms with Crippen LogP contribution in [0.2, 0.25) is 0 Å². The van der Waals surface area contributed by atoms with Gasteiger partial charge >= 0.3 is 0 Å². The molecule has 0 aromatic carbocycles. The highest BCUT2D eigenvalue weighted by Crippen LogP contribution is 2.27. The van der Waals surface area contributed by atoms with Crippen LogP contribution in [0, 0.1) is 5.92 Å². The molecule has 1 aliphatic rings. The van der Waals surface area contributed by atoms with Crippen LogP contribution < -0.4 is 10.2 Å². The molecule has 2 aromatic rings. The summed E-state index contributed by atoms with van der Waals surface area (Å²) >= 11 is 1.72. The summed E-state index contributed by atoms with van der Waals surface area (Å²) in [5.74, 6) is 2.04. The first-order chi connectivity index (χ1) is 9.29. The van der Waals surface area contributed by atoms with Crippen molar-refractivity contribution in [2.75, 3.05) is 25.0 Å². The molecule has 3 heterocycles. The van der Waals surface area contributed by atoms with E-state index in [0.29, 0.717) is 0 Å². The molecule has 1 atom stereocenters. The largest absolute Gasteiger partial charge is 0.355 e. The number of aromatic nitrogens is 2. The first-order valence-electron chi connectivity index (χ1n) is 7.13. The molecule has 104 valence electrons. The Labute approximate surface area is 118 Å². The van der Waals surface area contributed by atoms with Crippen molar-refractivity contribution in [3.63, 3.8) is 0 Å². The summed E-state index contributed by atoms with van der Waals surface area (Å²) < 4.78 is 2.23. The van der Waals surface area contributed by atoms with E-state index in [-0.39, 0.29) is 0 Å². The van der Waals surface area contributed by atoms with Gasteiger partial charge in [-0.2, -0.15) is 0 Å². The van der Waals surface area contributed by atoms with Gasteiger partial charge in [0.25, 0.3) is 0 Å². The number of nitrogens with zero attached hydrogens (tertiary/aromatic N) is 3. The Bertz CT molecular complexity index is 545. The van der Waals surface area contributed by atoms with Crippen LogP contribution in [0.1, 0.15) is 31.9 Å². The second-order valence-corrected chi connectivity index (χ2v) is 6.36. The smallest absolute Gasteiger partial charge is 0.195 e. The van der Waals surface area contributed by atoms with Crippen LogP contribution in [-0.4, -0.2) is 29.5 Å². The fourth-order valence-corrected chi connectivity index (χ4v) is 3.61. The van der Waals surface area contributed by atoms with Crippen molar-refractivity contribution in [2.45, 2.75) is 32.7 Å². The van der Waals surface area contributed by atoms with Crippen LogP contribution in [0.3, 0.4) is 0 Å². The van der Waals surface area contributed by atoms with Gasteiger partial charge < -0.3 is 10.2 Å². The maximum absolute atomic E-state index is 4.85. The molecule has 0 radical (unpaired) electrons. The van der Waals surface area contributed by atoms with Crippen LogP contribution in [0.25, 0.3) is 4.96 Å². The Morgan fingerprint density at radius 2 is 2.32 bits per heavy atom. The number of hydrogen-bond donors (Lipinski definition) is 1. The van der Waals surface area contributed by atoms with E-state index in [2.05, 4.69) is 33.1 Å². The molecule has 0 saturated carbocycles. The van der Waals surface area contributed by atoms with Gasteiger partial charge in [-0.05, 0) is 32.2 Å². The zero-order valence-electron chi connectivity index (χ0n) is 11.7. The van der Waals surface area contributed by atoms with Gasteiger partial charge in [0.15, 0.2) is 10.8 Å². The van der Waals surface area contributed by atoms with Crippen molar-refractivity contribution in [3.8, 4) is 0 Å². The van der Waals surface area contributed by atoms with Crippen molar-refractivity contribution in [1.82, 2.24) is 14.7 Å². The number of anilines is 1. The number of imidazole rings is 1. The molecule has 5 heteroatoms. The maximum atomic E-state index is 4.85. The molecule has 1 saturated heterocycles. The van der Waals surface area contributed by atoms with E-state index in [1.165, 1.54) is 30.8 Å². The lowest BCUT2D eigenvalue weighted by molar-refractivity contribution is 0.521. The van der Waals surface area contributed by atoms with Gasteiger partial charge in [0, 0.05) is 31.2 Å². The second-order valence-electron chi connectivity index (χ2n) is 5.49. The topological polar surface area (TPSA) is 32.6 Å². The quantitative estimate of drug-likeness (QED) is 0.937. The summed E-state index contributed by atoms with van der Waals surface area (Å²) in [6, 6.07) is 0. The summed E-state index contributed by atoms with van der Waals surface area (Å²) in [7, 11) is 2.00. The van der Waals surface area contributed by atoms with E-state index in [9.17, 15) is 0 Å². The monoisotopic (exact) mass is 278 g/mol. The van der Waals surface area contributed by atoms with Crippen LogP contribution >= 0.6 is 11.3 Å². The van der Waals surface area contributed by atoms with E-state index in [1.807, 2.05) is 7.05 Å². The molecule has 19 heavy (non-hydrogen) atoms. The number of nitrogens with one attached hydrogen (secondary N) is 1. The first-order valence-corrected chi connectivity index (χ1v) is 8.01. The normalized spacial score (nSPS) is 20.9. The predicted octanol–water partition coefficient (Wildman–Crippen LogP) is 2.74. The molecule has 1 aliphatic heterocycles. The molecule has 0 amide bonds. The minimum Gasteiger partial charge on any atom is -0.355 e. The van der Waals surface area contributed by atoms with Crippen molar-refractivity contribution in [3.05, 3.63) is 17.3 Å². The average molecular weight is 278 g/mol. The summed E-state index contributed by atoms with van der Waals surface area (Å²) in [5, 5.41) is 5.38. The third kappa shape index (κ3) is 2.49. The fourth-order valence-electron chi connectivity index (χ4n) is 2.88. The Morgan fingerprint density at radius 1 is 1.42 bits per heavy atom. The van der Waals surface area contributed by atoms with Crippen LogP contribution in [0.5, 0.6) is 0 Å². The third-order valence-electron chi connectivity index (χ3n) is 4.00. The summed E-state index contributed by atoms with van der Waals surface area (Å²) in [6.07, 6.45) is 6.04. The Hall–Kier alpha value is -1.07. The number of rotatable bonds is 3. The third-order valence-corrected chi connectivity index (χ3v) is 4.76. The van der Waals surface area contributed by atoms with Crippen LogP contribution in [-0.2, 0) is 6.54 Å². The first kappa shape index (κ1) is 12.9. The standard InChI is InChI=1S/C14H22N4S/c1-11-4-3-6-17(7-5-11)13-12(10-15-2)18-8-9-19-14(18)16-13/h8-9,11,15H,3-7,10H2,1-2H3. The zero-order chi connectivity index (χ0) is 13.2. The van der Waals surface area contributed by atoms with Gasteiger partial charge in [-0.15, -0.1) is 11.3 Å². The minimum absolute atomic E-state index is 0.849. The van der Waals surface area contributed by atoms with Crippen LogP contribution in [0.15, 0.2) is 11.6 Å². The van der Waals surface area contributed by atoms with Gasteiger partial charge in [0.05, 0.1) is 5.69 Å². The number of thiazole rings is 1. The number of hydrogen-bond acceptors (Lipinski definition) is 4. The van der Waals surface area contributed by atoms with Crippen LogP contribution in [0.4, 0.5) is 5.82 Å². The Balaban J connectivity index is 1.93. The van der Waals surface area contributed by atoms with Gasteiger partial charge in [-0.25, -0.2) is 4.98 Å². The minimum atomic E-state index is 0.849. The molecule has 4 nitrogen and oxygen atoms in total. The molecule has 0 bridgehead atoms. The molecular weight excluding hydrogens is 256 g/mol. The zero-order valence-corrected chi connectivity index (χ0v) is 12.5. The average Bonchev–Trinajstić information content (AvgIpc) is 2.90. The van der Waals surface area contributed by atoms with E-state index >= 15 is 0 Å². The van der Waals surface area contributed by atoms with Gasteiger partial charge in [0.1, 0.15) is 0 Å². The fraction of sp³-hybridized carbons (Fsp3) is 0.643. The predicted molar refractivity (Wildman–Crippen MR) is 81.1 cm³/mol. The van der Waals surface area contributed by atoms with Gasteiger partial charge in [-0.3, -0.25) is 4.40 Å². The molecule has 2 aromatic heterocycles. The Morgan fingerprint density at radius 3 is 3.16 bits per heavy atom. The van der Waals surface area contributed by atoms with E-state index in [1.54, 1.807) is 11.3 Å². The molecule has 1 unspecified atom stereocenters. The lowest BCUT2D eigenvalue weighted by Crippen LogP contribution is -2.26. The van der Waals surface area contributed by atoms with E-state index in [0.717, 1.165) is 30.5 Å². The summed E-state index contributed by atoms with van der Waals surface area (Å²) in [6.45, 7) is 5.53. The summed E-state index contributed by atoms with van der Waals surface area (Å²) in [5.41, 5.74) is 1.30. The van der Waals surface area contributed by atoms with Crippen molar-refractivity contribution < 1.29 is 0 Å². The highest BCUT2D eigenvalue weighted by Gasteiger charge is 2.21. The SMILES string of the molecule is CNCc1c(N2CCCC(C)CC2)nc2sccn12. The van der Waals surface area contributed by atoms with Gasteiger partial charge in [0.2, 0.25) is 0 Å². The molecule has 3 rings (SSSR count). The second kappa shape index (κ2) is 5.51. The van der Waals surface area contributed by atoms with E-state index in [4.69, 9.17) is 4.98 Å². The maximum Gasteiger partial charge on any atom is 0.195 e. The molecule has 1 N–H and O–H groups in total. The van der Waals surface area contributed by atoms with Gasteiger partial charge in [-0.1, -0.05) is 6.92 Å². The van der Waals surface area contributed by atoms with Crippen molar-refractivity contribution in [2.24, 2.45) is 5.92 Å². The Kier molecular flexibility index (Phi) is 3.75. The molecular formula is C14H22N4S. The van der Waals surface area contributed by atoms with E-state index < -0.39 is 0 Å². The highest BCUT2D eigenvalue weighted by atomic mass is 32.1. The molecule has 0 aliphatic carbocycles. The molecule has 1 fully saturated rings. The lowest BCUT2D eigenvalue weighted by atomic mass is 10.0. The van der Waals surface area contributed by atoms with Crippen molar-refractivity contribution >= 4 is 22.1 Å². The molecule has 0 spiro atoms. The highest BCUT2D eigenvalue weighted by molar-refractivity contribution is 7.15. The number of fused-ring (bicyclic) bond motifs is 1. The lowest BCUT2D eigenvalue weighted by Gasteiger charge is -2.21.